The first-order chi connectivity index (χ1) is 6.43. The Labute approximate surface area is 89.2 Å². The third kappa shape index (κ3) is 2.15. The summed E-state index contributed by atoms with van der Waals surface area (Å²) in [6.07, 6.45) is 0. The zero-order valence-corrected chi connectivity index (χ0v) is 8.31. The van der Waals surface area contributed by atoms with E-state index in [1.807, 2.05) is 0 Å². The molecule has 0 radical (unpaired) electrons. The Bertz CT molecular complexity index is 384. The van der Waals surface area contributed by atoms with Crippen LogP contribution in [0, 0.1) is 5.82 Å². The molecule has 0 unspecified atom stereocenters. The minimum Gasteiger partial charge on any atom is -0.480 e. The summed E-state index contributed by atoms with van der Waals surface area (Å²) in [6.45, 7) is 0. The highest BCUT2D eigenvalue weighted by Gasteiger charge is 2.20. The molecule has 0 heterocycles. The SMILES string of the molecule is N[C@@H](C(=O)O)c1cc(Cl)cc(Cl)c1F. The first-order valence-electron chi connectivity index (χ1n) is 3.56. The molecule has 6 heteroatoms. The second-order valence-corrected chi connectivity index (χ2v) is 3.45. The molecule has 0 amide bonds. The van der Waals surface area contributed by atoms with Crippen molar-refractivity contribution < 1.29 is 14.3 Å². The Morgan fingerprint density at radius 2 is 2.07 bits per heavy atom. The summed E-state index contributed by atoms with van der Waals surface area (Å²) < 4.78 is 13.3. The van der Waals surface area contributed by atoms with Gasteiger partial charge in [-0.15, -0.1) is 0 Å². The largest absolute Gasteiger partial charge is 0.480 e. The van der Waals surface area contributed by atoms with Crippen molar-refractivity contribution in [2.24, 2.45) is 5.73 Å². The van der Waals surface area contributed by atoms with Crippen LogP contribution in [0.4, 0.5) is 4.39 Å². The standard InChI is InChI=1S/C8H6Cl2FNO2/c9-3-1-4(7(12)8(13)14)6(11)5(10)2-3/h1-2,7H,12H2,(H,13,14)/t7-/m1/s1. The summed E-state index contributed by atoms with van der Waals surface area (Å²) in [4.78, 5) is 10.5. The molecule has 0 saturated carbocycles. The highest BCUT2D eigenvalue weighted by atomic mass is 35.5. The average molecular weight is 238 g/mol. The van der Waals surface area contributed by atoms with Crippen molar-refractivity contribution in [3.8, 4) is 0 Å². The van der Waals surface area contributed by atoms with E-state index in [9.17, 15) is 9.18 Å². The van der Waals surface area contributed by atoms with Crippen molar-refractivity contribution in [2.45, 2.75) is 6.04 Å². The molecule has 3 nitrogen and oxygen atoms in total. The highest BCUT2D eigenvalue weighted by Crippen LogP contribution is 2.27. The van der Waals surface area contributed by atoms with E-state index in [-0.39, 0.29) is 15.6 Å². The van der Waals surface area contributed by atoms with Gasteiger partial charge in [-0.1, -0.05) is 23.2 Å². The van der Waals surface area contributed by atoms with Gasteiger partial charge in [-0.3, -0.25) is 4.79 Å². The van der Waals surface area contributed by atoms with Crippen LogP contribution in [-0.4, -0.2) is 11.1 Å². The van der Waals surface area contributed by atoms with E-state index in [1.165, 1.54) is 6.07 Å². The molecule has 3 N–H and O–H groups in total. The number of rotatable bonds is 2. The average Bonchev–Trinajstić information content (AvgIpc) is 2.09. The fraction of sp³-hybridized carbons (Fsp3) is 0.125. The van der Waals surface area contributed by atoms with E-state index in [1.54, 1.807) is 0 Å². The van der Waals surface area contributed by atoms with Gasteiger partial charge in [0, 0.05) is 10.6 Å². The summed E-state index contributed by atoms with van der Waals surface area (Å²) in [7, 11) is 0. The first kappa shape index (κ1) is 11.2. The van der Waals surface area contributed by atoms with Crippen molar-refractivity contribution in [3.05, 3.63) is 33.6 Å². The maximum atomic E-state index is 13.3. The van der Waals surface area contributed by atoms with Gasteiger partial charge in [-0.25, -0.2) is 4.39 Å². The molecule has 1 aromatic rings. The molecule has 0 spiro atoms. The van der Waals surface area contributed by atoms with E-state index in [0.29, 0.717) is 0 Å². The molecule has 0 aliphatic carbocycles. The lowest BCUT2D eigenvalue weighted by Gasteiger charge is -2.09. The van der Waals surface area contributed by atoms with Crippen LogP contribution < -0.4 is 5.73 Å². The number of nitrogens with two attached hydrogens (primary N) is 1. The molecular weight excluding hydrogens is 232 g/mol. The molecule has 0 fully saturated rings. The maximum absolute atomic E-state index is 13.3. The van der Waals surface area contributed by atoms with Gasteiger partial charge in [0.25, 0.3) is 0 Å². The number of hydrogen-bond acceptors (Lipinski definition) is 2. The van der Waals surface area contributed by atoms with Crippen LogP contribution in [0.1, 0.15) is 11.6 Å². The van der Waals surface area contributed by atoms with Crippen molar-refractivity contribution >= 4 is 29.2 Å². The molecule has 76 valence electrons. The van der Waals surface area contributed by atoms with Crippen LogP contribution in [0.3, 0.4) is 0 Å². The second kappa shape index (κ2) is 4.13. The number of halogens is 3. The number of carbonyl (C=O) groups is 1. The highest BCUT2D eigenvalue weighted by molar-refractivity contribution is 6.34. The van der Waals surface area contributed by atoms with E-state index in [4.69, 9.17) is 34.0 Å². The van der Waals surface area contributed by atoms with Gasteiger partial charge in [0.1, 0.15) is 11.9 Å². The molecular formula is C8H6Cl2FNO2. The van der Waals surface area contributed by atoms with Crippen LogP contribution in [0.15, 0.2) is 12.1 Å². The number of benzene rings is 1. The topological polar surface area (TPSA) is 63.3 Å². The summed E-state index contributed by atoms with van der Waals surface area (Å²) in [6, 6.07) is 0.851. The van der Waals surface area contributed by atoms with Crippen LogP contribution in [-0.2, 0) is 4.79 Å². The molecule has 0 bridgehead atoms. The maximum Gasteiger partial charge on any atom is 0.325 e. The van der Waals surface area contributed by atoms with Gasteiger partial charge >= 0.3 is 5.97 Å². The minimum absolute atomic E-state index is 0.142. The van der Waals surface area contributed by atoms with Crippen molar-refractivity contribution in [1.82, 2.24) is 0 Å². The molecule has 1 aromatic carbocycles. The zero-order valence-electron chi connectivity index (χ0n) is 6.80. The van der Waals surface area contributed by atoms with Crippen molar-refractivity contribution in [3.63, 3.8) is 0 Å². The van der Waals surface area contributed by atoms with Crippen molar-refractivity contribution in [1.29, 1.82) is 0 Å². The number of hydrogen-bond donors (Lipinski definition) is 2. The van der Waals surface area contributed by atoms with Gasteiger partial charge in [-0.05, 0) is 12.1 Å². The molecule has 0 aromatic heterocycles. The summed E-state index contributed by atoms with van der Waals surface area (Å²) >= 11 is 11.0. The number of aliphatic carboxylic acids is 1. The molecule has 0 aliphatic rings. The van der Waals surface area contributed by atoms with Gasteiger partial charge < -0.3 is 10.8 Å². The van der Waals surface area contributed by atoms with E-state index in [2.05, 4.69) is 0 Å². The molecule has 1 atom stereocenters. The Morgan fingerprint density at radius 1 is 1.50 bits per heavy atom. The summed E-state index contributed by atoms with van der Waals surface area (Å²) in [5, 5.41) is 8.46. The Kier molecular flexibility index (Phi) is 3.31. The number of carboxylic acid groups (broad SMARTS) is 1. The number of carboxylic acids is 1. The van der Waals surface area contributed by atoms with Crippen molar-refractivity contribution in [2.75, 3.05) is 0 Å². The second-order valence-electron chi connectivity index (χ2n) is 2.61. The van der Waals surface area contributed by atoms with Crippen LogP contribution >= 0.6 is 23.2 Å². The smallest absolute Gasteiger partial charge is 0.325 e. The van der Waals surface area contributed by atoms with Crippen LogP contribution in [0.2, 0.25) is 10.0 Å². The van der Waals surface area contributed by atoms with Crippen LogP contribution in [0.5, 0.6) is 0 Å². The lowest BCUT2D eigenvalue weighted by molar-refractivity contribution is -0.138. The summed E-state index contributed by atoms with van der Waals surface area (Å²) in [5.41, 5.74) is 4.99. The Morgan fingerprint density at radius 3 is 2.57 bits per heavy atom. The predicted molar refractivity (Wildman–Crippen MR) is 51.0 cm³/mol. The van der Waals surface area contributed by atoms with Gasteiger partial charge in [0.15, 0.2) is 0 Å². The fourth-order valence-corrected chi connectivity index (χ4v) is 1.44. The van der Waals surface area contributed by atoms with Gasteiger partial charge in [0.2, 0.25) is 0 Å². The predicted octanol–water partition coefficient (Wildman–Crippen LogP) is 2.22. The quantitative estimate of drug-likeness (QED) is 0.776. The van der Waals surface area contributed by atoms with E-state index in [0.717, 1.165) is 6.07 Å². The monoisotopic (exact) mass is 237 g/mol. The lowest BCUT2D eigenvalue weighted by Crippen LogP contribution is -2.22. The van der Waals surface area contributed by atoms with Gasteiger partial charge in [0.05, 0.1) is 5.02 Å². The van der Waals surface area contributed by atoms with E-state index < -0.39 is 17.8 Å². The lowest BCUT2D eigenvalue weighted by atomic mass is 10.1. The Hall–Kier alpha value is -0.840. The Balaban J connectivity index is 3.26. The molecule has 14 heavy (non-hydrogen) atoms. The first-order valence-corrected chi connectivity index (χ1v) is 4.32. The van der Waals surface area contributed by atoms with Gasteiger partial charge in [-0.2, -0.15) is 0 Å². The summed E-state index contributed by atoms with van der Waals surface area (Å²) in [5.74, 6) is -2.20. The molecule has 1 rings (SSSR count). The third-order valence-corrected chi connectivity index (χ3v) is 2.12. The normalized spacial score (nSPS) is 12.6. The molecule has 0 aliphatic heterocycles. The third-order valence-electron chi connectivity index (χ3n) is 1.62. The molecule has 0 saturated heterocycles. The zero-order chi connectivity index (χ0) is 10.9. The fourth-order valence-electron chi connectivity index (χ4n) is 0.935. The van der Waals surface area contributed by atoms with Crippen LogP contribution in [0.25, 0.3) is 0 Å². The minimum atomic E-state index is -1.47. The van der Waals surface area contributed by atoms with E-state index >= 15 is 0 Å².